The Hall–Kier alpha value is -4.06. The highest BCUT2D eigenvalue weighted by Gasteiger charge is 2.35. The summed E-state index contributed by atoms with van der Waals surface area (Å²) in [5, 5.41) is 6.91. The number of nitrogens with one attached hydrogen (secondary N) is 2. The zero-order valence-corrected chi connectivity index (χ0v) is 19.5. The fourth-order valence-corrected chi connectivity index (χ4v) is 4.30. The van der Waals surface area contributed by atoms with Crippen molar-refractivity contribution in [1.29, 1.82) is 0 Å². The predicted octanol–water partition coefficient (Wildman–Crippen LogP) is 5.06. The number of rotatable bonds is 7. The molecule has 0 saturated carbocycles. The van der Waals surface area contributed by atoms with Crippen molar-refractivity contribution >= 4 is 29.3 Å². The first-order chi connectivity index (χ1) is 17.2. The van der Waals surface area contributed by atoms with Gasteiger partial charge in [0.15, 0.2) is 0 Å². The third kappa shape index (κ3) is 5.43. The van der Waals surface area contributed by atoms with Crippen LogP contribution in [0, 0.1) is 0 Å². The lowest BCUT2D eigenvalue weighted by molar-refractivity contribution is -0.139. The molecule has 1 aliphatic heterocycles. The maximum Gasteiger partial charge on any atom is 0.416 e. The van der Waals surface area contributed by atoms with E-state index in [1.54, 1.807) is 24.4 Å². The molecule has 0 spiro atoms. The number of urea groups is 1. The Kier molecular flexibility index (Phi) is 7.15. The third-order valence-electron chi connectivity index (χ3n) is 5.11. The van der Waals surface area contributed by atoms with Crippen LogP contribution < -0.4 is 10.6 Å². The van der Waals surface area contributed by atoms with Crippen LogP contribution in [-0.4, -0.2) is 31.2 Å². The summed E-state index contributed by atoms with van der Waals surface area (Å²) in [7, 11) is 0. The summed E-state index contributed by atoms with van der Waals surface area (Å²) in [6.07, 6.45) is -4.53. The van der Waals surface area contributed by atoms with Gasteiger partial charge in [-0.25, -0.2) is 14.4 Å². The van der Waals surface area contributed by atoms with Crippen molar-refractivity contribution in [3.63, 3.8) is 0 Å². The second-order valence-corrected chi connectivity index (χ2v) is 8.46. The highest BCUT2D eigenvalue weighted by molar-refractivity contribution is 7.10. The van der Waals surface area contributed by atoms with Gasteiger partial charge in [-0.05, 0) is 42.6 Å². The summed E-state index contributed by atoms with van der Waals surface area (Å²) < 4.78 is 54.8. The molecular formula is C24H19F3N2O6S. The van der Waals surface area contributed by atoms with Crippen LogP contribution in [-0.2, 0) is 20.4 Å². The van der Waals surface area contributed by atoms with Crippen LogP contribution >= 0.6 is 11.3 Å². The van der Waals surface area contributed by atoms with Crippen molar-refractivity contribution in [2.75, 3.05) is 13.2 Å². The summed E-state index contributed by atoms with van der Waals surface area (Å²) in [5.74, 6) is -1.87. The summed E-state index contributed by atoms with van der Waals surface area (Å²) in [6, 6.07) is 9.16. The predicted molar refractivity (Wildman–Crippen MR) is 122 cm³/mol. The number of benzene rings is 1. The van der Waals surface area contributed by atoms with Gasteiger partial charge in [0, 0.05) is 10.4 Å². The average molecular weight is 520 g/mol. The second kappa shape index (κ2) is 10.3. The number of carbonyl (C=O) groups is 3. The van der Waals surface area contributed by atoms with Gasteiger partial charge in [-0.2, -0.15) is 13.2 Å². The maximum atomic E-state index is 13.0. The van der Waals surface area contributed by atoms with Crippen LogP contribution in [0.2, 0.25) is 0 Å². The minimum atomic E-state index is -4.53. The Morgan fingerprint density at radius 2 is 1.89 bits per heavy atom. The topological polar surface area (TPSA) is 107 Å². The first-order valence-electron chi connectivity index (χ1n) is 10.6. The van der Waals surface area contributed by atoms with Crippen LogP contribution in [0.1, 0.15) is 34.0 Å². The van der Waals surface area contributed by atoms with E-state index >= 15 is 0 Å². The molecule has 0 unspecified atom stereocenters. The average Bonchev–Trinajstić information content (AvgIpc) is 3.54. The van der Waals surface area contributed by atoms with Gasteiger partial charge in [0.05, 0.1) is 29.5 Å². The van der Waals surface area contributed by atoms with Gasteiger partial charge in [-0.15, -0.1) is 11.3 Å². The Labute approximate surface area is 206 Å². The maximum absolute atomic E-state index is 13.0. The van der Waals surface area contributed by atoms with Crippen molar-refractivity contribution < 1.29 is 41.4 Å². The van der Waals surface area contributed by atoms with E-state index in [0.29, 0.717) is 4.88 Å². The molecule has 8 nitrogen and oxygen atoms in total. The van der Waals surface area contributed by atoms with E-state index in [9.17, 15) is 27.6 Å². The summed E-state index contributed by atoms with van der Waals surface area (Å²) in [5.41, 5.74) is -0.620. The van der Waals surface area contributed by atoms with Crippen molar-refractivity contribution in [3.8, 4) is 11.3 Å². The summed E-state index contributed by atoms with van der Waals surface area (Å²) in [6.45, 7) is 1.24. The summed E-state index contributed by atoms with van der Waals surface area (Å²) in [4.78, 5) is 38.2. The Morgan fingerprint density at radius 1 is 1.08 bits per heavy atom. The van der Waals surface area contributed by atoms with Crippen LogP contribution in [0.15, 0.2) is 69.6 Å². The first-order valence-corrected chi connectivity index (χ1v) is 11.5. The standard InChI is InChI=1S/C24H19F3N2O6S/c1-2-33-22(31)19-15(28-23(32)29-20(19)18-7-4-10-36-18)12-34-21(30)17-9-8-16(35-17)13-5-3-6-14(11-13)24(25,26)27/h3-11,20H,2,12H2,1H3,(H2,28,29,32)/t20-/m0/s1. The number of carbonyl (C=O) groups excluding carboxylic acids is 3. The first kappa shape index (κ1) is 25.0. The van der Waals surface area contributed by atoms with Gasteiger partial charge in [0.25, 0.3) is 0 Å². The smallest absolute Gasteiger partial charge is 0.416 e. The lowest BCUT2D eigenvalue weighted by Crippen LogP contribution is -2.46. The number of hydrogen-bond acceptors (Lipinski definition) is 7. The molecule has 188 valence electrons. The molecule has 1 aliphatic rings. The van der Waals surface area contributed by atoms with Gasteiger partial charge < -0.3 is 24.5 Å². The van der Waals surface area contributed by atoms with E-state index < -0.39 is 42.4 Å². The van der Waals surface area contributed by atoms with Crippen LogP contribution in [0.3, 0.4) is 0 Å². The van der Waals surface area contributed by atoms with E-state index in [1.165, 1.54) is 35.6 Å². The van der Waals surface area contributed by atoms with Crippen molar-refractivity contribution in [1.82, 2.24) is 10.6 Å². The number of hydrogen-bond donors (Lipinski definition) is 2. The van der Waals surface area contributed by atoms with E-state index in [4.69, 9.17) is 13.9 Å². The molecule has 0 bridgehead atoms. The number of thiophene rings is 1. The lowest BCUT2D eigenvalue weighted by atomic mass is 10.0. The number of alkyl halides is 3. The molecule has 0 fully saturated rings. The zero-order valence-electron chi connectivity index (χ0n) is 18.7. The molecule has 36 heavy (non-hydrogen) atoms. The molecule has 1 aromatic carbocycles. The molecule has 2 amide bonds. The number of esters is 2. The van der Waals surface area contributed by atoms with Gasteiger partial charge in [-0.1, -0.05) is 18.2 Å². The lowest BCUT2D eigenvalue weighted by Gasteiger charge is -2.28. The Morgan fingerprint density at radius 3 is 2.58 bits per heavy atom. The minimum Gasteiger partial charge on any atom is -0.463 e. The van der Waals surface area contributed by atoms with Crippen LogP contribution in [0.25, 0.3) is 11.3 Å². The molecule has 1 atom stereocenters. The van der Waals surface area contributed by atoms with Gasteiger partial charge >= 0.3 is 24.1 Å². The zero-order chi connectivity index (χ0) is 25.9. The highest BCUT2D eigenvalue weighted by atomic mass is 32.1. The molecule has 0 saturated heterocycles. The van der Waals surface area contributed by atoms with E-state index in [2.05, 4.69) is 10.6 Å². The number of amides is 2. The largest absolute Gasteiger partial charge is 0.463 e. The number of halogens is 3. The molecular weight excluding hydrogens is 501 g/mol. The molecule has 4 rings (SSSR count). The third-order valence-corrected chi connectivity index (χ3v) is 6.04. The van der Waals surface area contributed by atoms with Gasteiger partial charge in [-0.3, -0.25) is 0 Å². The molecule has 0 aliphatic carbocycles. The second-order valence-electron chi connectivity index (χ2n) is 7.48. The van der Waals surface area contributed by atoms with Gasteiger partial charge in [0.2, 0.25) is 5.76 Å². The van der Waals surface area contributed by atoms with Crippen LogP contribution in [0.5, 0.6) is 0 Å². The quantitative estimate of drug-likeness (QED) is 0.422. The number of furan rings is 1. The summed E-state index contributed by atoms with van der Waals surface area (Å²) >= 11 is 1.32. The molecule has 12 heteroatoms. The van der Waals surface area contributed by atoms with E-state index in [1.807, 2.05) is 0 Å². The molecule has 3 heterocycles. The fourth-order valence-electron chi connectivity index (χ4n) is 3.51. The Bertz CT molecular complexity index is 1310. The monoisotopic (exact) mass is 520 g/mol. The highest BCUT2D eigenvalue weighted by Crippen LogP contribution is 2.33. The number of ether oxygens (including phenoxy) is 2. The van der Waals surface area contributed by atoms with Crippen molar-refractivity contribution in [2.24, 2.45) is 0 Å². The minimum absolute atomic E-state index is 0.0346. The normalized spacial score (nSPS) is 15.8. The molecule has 3 aromatic rings. The Balaban J connectivity index is 1.55. The van der Waals surface area contributed by atoms with Crippen molar-refractivity contribution in [2.45, 2.75) is 19.1 Å². The SMILES string of the molecule is CCOC(=O)C1=C(COC(=O)c2ccc(-c3cccc(C(F)(F)F)c3)o2)NC(=O)N[C@H]1c1cccs1. The van der Waals surface area contributed by atoms with E-state index in [-0.39, 0.29) is 35.0 Å². The molecule has 2 N–H and O–H groups in total. The molecule has 0 radical (unpaired) electrons. The van der Waals surface area contributed by atoms with Crippen molar-refractivity contribution in [3.05, 3.63) is 81.4 Å². The molecule has 2 aromatic heterocycles. The van der Waals surface area contributed by atoms with Crippen LogP contribution in [0.4, 0.5) is 18.0 Å². The van der Waals surface area contributed by atoms with E-state index in [0.717, 1.165) is 12.1 Å². The fraction of sp³-hybridized carbons (Fsp3) is 0.208. The van der Waals surface area contributed by atoms with Gasteiger partial charge in [0.1, 0.15) is 12.4 Å².